The summed E-state index contributed by atoms with van der Waals surface area (Å²) in [4.78, 5) is 40.6. The molecule has 0 unspecified atom stereocenters. The minimum atomic E-state index is -0.913. The number of carbonyl (C=O) groups is 3. The first kappa shape index (κ1) is 22.4. The van der Waals surface area contributed by atoms with Crippen molar-refractivity contribution in [2.24, 2.45) is 0 Å². The van der Waals surface area contributed by atoms with E-state index in [2.05, 4.69) is 0 Å². The zero-order chi connectivity index (χ0) is 24.5. The first-order valence-electron chi connectivity index (χ1n) is 10.7. The molecular formula is C26H19ClN4O4. The molecule has 0 N–H and O–H groups in total. The Labute approximate surface area is 205 Å². The van der Waals surface area contributed by atoms with Gasteiger partial charge in [-0.15, -0.1) is 0 Å². The zero-order valence-corrected chi connectivity index (χ0v) is 19.3. The van der Waals surface area contributed by atoms with Crippen molar-refractivity contribution >= 4 is 35.1 Å². The largest absolute Gasteiger partial charge is 0.497 e. The van der Waals surface area contributed by atoms with E-state index in [0.717, 1.165) is 21.1 Å². The molecule has 4 amide bonds. The fraction of sp³-hybridized carbons (Fsp3) is 0.0769. The van der Waals surface area contributed by atoms with Crippen LogP contribution in [0, 0.1) is 0 Å². The van der Waals surface area contributed by atoms with Gasteiger partial charge in [-0.1, -0.05) is 41.9 Å². The van der Waals surface area contributed by atoms with E-state index in [-0.39, 0.29) is 12.2 Å². The van der Waals surface area contributed by atoms with Crippen molar-refractivity contribution in [3.63, 3.8) is 0 Å². The van der Waals surface area contributed by atoms with Crippen molar-refractivity contribution in [3.8, 4) is 22.7 Å². The number of anilines is 1. The van der Waals surface area contributed by atoms with Gasteiger partial charge >= 0.3 is 17.8 Å². The second kappa shape index (κ2) is 9.08. The number of aromatic nitrogens is 2. The topological polar surface area (TPSA) is 84.7 Å². The Morgan fingerprint density at radius 2 is 1.51 bits per heavy atom. The zero-order valence-electron chi connectivity index (χ0n) is 18.6. The molecule has 8 nitrogen and oxygen atoms in total. The second-order valence-corrected chi connectivity index (χ2v) is 8.24. The van der Waals surface area contributed by atoms with Gasteiger partial charge in [-0.2, -0.15) is 5.10 Å². The summed E-state index contributed by atoms with van der Waals surface area (Å²) < 4.78 is 6.80. The van der Waals surface area contributed by atoms with E-state index in [4.69, 9.17) is 21.4 Å². The van der Waals surface area contributed by atoms with Gasteiger partial charge in [0.25, 0.3) is 0 Å². The first-order chi connectivity index (χ1) is 17.0. The maximum atomic E-state index is 13.2. The number of nitrogens with zero attached hydrogens (tertiary/aromatic N) is 4. The number of para-hydroxylation sites is 1. The number of imide groups is 2. The Hall–Kier alpha value is -4.43. The fourth-order valence-corrected chi connectivity index (χ4v) is 3.99. The maximum Gasteiger partial charge on any atom is 0.339 e. The molecule has 0 atom stereocenters. The average Bonchev–Trinajstić information content (AvgIpc) is 3.40. The molecule has 4 aromatic rings. The van der Waals surface area contributed by atoms with Crippen molar-refractivity contribution in [2.75, 3.05) is 12.0 Å². The lowest BCUT2D eigenvalue weighted by Gasteiger charge is -2.16. The molecule has 0 aliphatic carbocycles. The van der Waals surface area contributed by atoms with Gasteiger partial charge in [0.05, 0.1) is 30.7 Å². The standard InChI is InChI=1S/C26H19ClN4O4/c1-35-22-13-11-21(12-14-22)31-25(33)24(32)29(26(31)34)15-18-16-30(20-5-3-2-4-6-20)28-23(18)17-7-9-19(27)10-8-17/h2-14,16H,15H2,1H3. The lowest BCUT2D eigenvalue weighted by atomic mass is 10.1. The molecule has 1 aliphatic rings. The average molecular weight is 487 g/mol. The molecule has 174 valence electrons. The third-order valence-electron chi connectivity index (χ3n) is 5.64. The van der Waals surface area contributed by atoms with Crippen LogP contribution < -0.4 is 9.64 Å². The molecule has 0 saturated carbocycles. The third-order valence-corrected chi connectivity index (χ3v) is 5.89. The van der Waals surface area contributed by atoms with Gasteiger partial charge in [-0.3, -0.25) is 14.5 Å². The molecule has 1 saturated heterocycles. The molecule has 0 radical (unpaired) electrons. The minimum absolute atomic E-state index is 0.124. The molecule has 1 aliphatic heterocycles. The van der Waals surface area contributed by atoms with Gasteiger partial charge < -0.3 is 4.74 Å². The van der Waals surface area contributed by atoms with E-state index in [0.29, 0.717) is 22.0 Å². The number of ether oxygens (including phenoxy) is 1. The van der Waals surface area contributed by atoms with E-state index in [1.165, 1.54) is 7.11 Å². The van der Waals surface area contributed by atoms with Crippen LogP contribution in [0.1, 0.15) is 5.56 Å². The highest BCUT2D eigenvalue weighted by molar-refractivity contribution is 6.52. The summed E-state index contributed by atoms with van der Waals surface area (Å²) in [6.07, 6.45) is 1.75. The number of hydrogen-bond donors (Lipinski definition) is 0. The lowest BCUT2D eigenvalue weighted by molar-refractivity contribution is -0.139. The highest BCUT2D eigenvalue weighted by Crippen LogP contribution is 2.30. The maximum absolute atomic E-state index is 13.2. The minimum Gasteiger partial charge on any atom is -0.497 e. The van der Waals surface area contributed by atoms with E-state index in [9.17, 15) is 14.4 Å². The summed E-state index contributed by atoms with van der Waals surface area (Å²) in [7, 11) is 1.51. The number of halogens is 1. The summed E-state index contributed by atoms with van der Waals surface area (Å²) in [5.74, 6) is -1.25. The normalized spacial score (nSPS) is 13.6. The molecule has 0 bridgehead atoms. The summed E-state index contributed by atoms with van der Waals surface area (Å²) >= 11 is 6.05. The van der Waals surface area contributed by atoms with Gasteiger partial charge in [0.2, 0.25) is 0 Å². The number of carbonyl (C=O) groups excluding carboxylic acids is 3. The van der Waals surface area contributed by atoms with E-state index in [1.54, 1.807) is 47.3 Å². The van der Waals surface area contributed by atoms with E-state index >= 15 is 0 Å². The van der Waals surface area contributed by atoms with E-state index < -0.39 is 17.8 Å². The quantitative estimate of drug-likeness (QED) is 0.291. The Bertz CT molecular complexity index is 1420. The summed E-state index contributed by atoms with van der Waals surface area (Å²) in [6.45, 7) is -0.124. The number of benzene rings is 3. The molecule has 0 spiro atoms. The predicted octanol–water partition coefficient (Wildman–Crippen LogP) is 4.70. The molecule has 3 aromatic carbocycles. The number of methoxy groups -OCH3 is 1. The Morgan fingerprint density at radius 1 is 0.829 bits per heavy atom. The molecule has 5 rings (SSSR count). The van der Waals surface area contributed by atoms with Crippen LogP contribution in [0.2, 0.25) is 5.02 Å². The highest BCUT2D eigenvalue weighted by atomic mass is 35.5. The highest BCUT2D eigenvalue weighted by Gasteiger charge is 2.45. The summed E-state index contributed by atoms with van der Waals surface area (Å²) in [6, 6.07) is 22.2. The number of amides is 4. The van der Waals surface area contributed by atoms with Crippen molar-refractivity contribution < 1.29 is 19.1 Å². The summed E-state index contributed by atoms with van der Waals surface area (Å²) in [5.41, 5.74) is 3.03. The van der Waals surface area contributed by atoms with Gasteiger partial charge in [-0.05, 0) is 48.5 Å². The molecular weight excluding hydrogens is 468 g/mol. The number of urea groups is 1. The van der Waals surface area contributed by atoms with Crippen molar-refractivity contribution in [1.29, 1.82) is 0 Å². The van der Waals surface area contributed by atoms with Gasteiger partial charge in [0, 0.05) is 22.3 Å². The smallest absolute Gasteiger partial charge is 0.339 e. The molecule has 9 heteroatoms. The van der Waals surface area contributed by atoms with Crippen molar-refractivity contribution in [3.05, 3.63) is 95.6 Å². The third kappa shape index (κ3) is 4.15. The Balaban J connectivity index is 1.51. The van der Waals surface area contributed by atoms with Crippen LogP contribution in [0.4, 0.5) is 10.5 Å². The van der Waals surface area contributed by atoms with Gasteiger partial charge in [0.1, 0.15) is 5.75 Å². The van der Waals surface area contributed by atoms with Gasteiger partial charge in [0.15, 0.2) is 0 Å². The fourth-order valence-electron chi connectivity index (χ4n) is 3.86. The van der Waals surface area contributed by atoms with Crippen LogP contribution in [-0.2, 0) is 16.1 Å². The molecule has 2 heterocycles. The molecule has 35 heavy (non-hydrogen) atoms. The lowest BCUT2D eigenvalue weighted by Crippen LogP contribution is -2.33. The van der Waals surface area contributed by atoms with Crippen LogP contribution >= 0.6 is 11.6 Å². The number of rotatable bonds is 6. The SMILES string of the molecule is COc1ccc(N2C(=O)C(=O)N(Cc3cn(-c4ccccc4)nc3-c3ccc(Cl)cc3)C2=O)cc1. The van der Waals surface area contributed by atoms with Crippen LogP contribution in [0.3, 0.4) is 0 Å². The molecule has 1 aromatic heterocycles. The van der Waals surface area contributed by atoms with Crippen molar-refractivity contribution in [2.45, 2.75) is 6.54 Å². The van der Waals surface area contributed by atoms with Crippen LogP contribution in [0.5, 0.6) is 5.75 Å². The summed E-state index contributed by atoms with van der Waals surface area (Å²) in [5, 5.41) is 5.27. The van der Waals surface area contributed by atoms with Crippen LogP contribution in [0.15, 0.2) is 85.1 Å². The Kier molecular flexibility index (Phi) is 5.80. The monoisotopic (exact) mass is 486 g/mol. The molecule has 1 fully saturated rings. The Morgan fingerprint density at radius 3 is 2.17 bits per heavy atom. The van der Waals surface area contributed by atoms with Crippen molar-refractivity contribution in [1.82, 2.24) is 14.7 Å². The first-order valence-corrected chi connectivity index (χ1v) is 11.1. The van der Waals surface area contributed by atoms with Crippen LogP contribution in [0.25, 0.3) is 16.9 Å². The predicted molar refractivity (Wildman–Crippen MR) is 130 cm³/mol. The van der Waals surface area contributed by atoms with Gasteiger partial charge in [-0.25, -0.2) is 14.4 Å². The number of hydrogen-bond acceptors (Lipinski definition) is 5. The van der Waals surface area contributed by atoms with E-state index in [1.807, 2.05) is 42.5 Å². The second-order valence-electron chi connectivity index (χ2n) is 7.80. The van der Waals surface area contributed by atoms with Crippen LogP contribution in [-0.4, -0.2) is 39.6 Å².